The minimum atomic E-state index is -0.346. The van der Waals surface area contributed by atoms with E-state index in [1.165, 1.54) is 0 Å². The van der Waals surface area contributed by atoms with E-state index < -0.39 is 0 Å². The summed E-state index contributed by atoms with van der Waals surface area (Å²) in [4.78, 5) is 37.3. The SMILES string of the molecule is O=C(C1CC(=O)N(c2ccc(Cl)cc2)C1)N1CCCC(Oc2ncc(Br)cn2)C1. The molecule has 0 bridgehead atoms. The standard InChI is InChI=1S/C20H20BrClN4O3/c21-14-9-23-20(24-10-14)29-17-2-1-7-25(12-17)19(28)13-8-18(27)26(11-13)16-5-3-15(22)4-6-16/h3-6,9-10,13,17H,1-2,7-8,11-12H2. The Kier molecular flexibility index (Phi) is 6.01. The quantitative estimate of drug-likeness (QED) is 0.672. The maximum atomic E-state index is 13.1. The van der Waals surface area contributed by atoms with Crippen molar-refractivity contribution in [1.82, 2.24) is 14.9 Å². The number of rotatable bonds is 4. The number of carbonyl (C=O) groups is 2. The van der Waals surface area contributed by atoms with Gasteiger partial charge >= 0.3 is 6.01 Å². The number of piperidine rings is 1. The van der Waals surface area contributed by atoms with Crippen LogP contribution in [-0.4, -0.2) is 52.4 Å². The number of amides is 2. The second kappa shape index (κ2) is 8.67. The summed E-state index contributed by atoms with van der Waals surface area (Å²) in [6.45, 7) is 1.53. The van der Waals surface area contributed by atoms with Crippen molar-refractivity contribution in [2.24, 2.45) is 5.92 Å². The number of hydrogen-bond donors (Lipinski definition) is 0. The van der Waals surface area contributed by atoms with Crippen LogP contribution in [0.25, 0.3) is 0 Å². The van der Waals surface area contributed by atoms with Gasteiger partial charge in [0.2, 0.25) is 11.8 Å². The Balaban J connectivity index is 1.38. The molecule has 2 unspecified atom stereocenters. The summed E-state index contributed by atoms with van der Waals surface area (Å²) in [7, 11) is 0. The predicted molar refractivity (Wildman–Crippen MR) is 112 cm³/mol. The van der Waals surface area contributed by atoms with Crippen LogP contribution in [0.2, 0.25) is 5.02 Å². The van der Waals surface area contributed by atoms with Crippen LogP contribution in [-0.2, 0) is 9.59 Å². The van der Waals surface area contributed by atoms with Crippen LogP contribution >= 0.6 is 27.5 Å². The van der Waals surface area contributed by atoms with E-state index in [1.54, 1.807) is 46.5 Å². The maximum absolute atomic E-state index is 13.1. The van der Waals surface area contributed by atoms with E-state index in [1.807, 2.05) is 0 Å². The molecule has 2 saturated heterocycles. The molecule has 2 aliphatic rings. The number of aromatic nitrogens is 2. The largest absolute Gasteiger partial charge is 0.458 e. The zero-order valence-electron chi connectivity index (χ0n) is 15.6. The molecule has 152 valence electrons. The molecule has 2 atom stereocenters. The molecular formula is C20H20BrClN4O3. The van der Waals surface area contributed by atoms with Gasteiger partial charge in [0, 0.05) is 42.6 Å². The fraction of sp³-hybridized carbons (Fsp3) is 0.400. The molecule has 1 aromatic carbocycles. The van der Waals surface area contributed by atoms with Crippen molar-refractivity contribution in [3.8, 4) is 6.01 Å². The number of anilines is 1. The number of ether oxygens (including phenoxy) is 1. The van der Waals surface area contributed by atoms with Gasteiger partial charge in [-0.3, -0.25) is 9.59 Å². The molecule has 2 amide bonds. The summed E-state index contributed by atoms with van der Waals surface area (Å²) in [5, 5.41) is 0.613. The van der Waals surface area contributed by atoms with Gasteiger partial charge in [0.1, 0.15) is 6.10 Å². The first-order chi connectivity index (χ1) is 14.0. The average molecular weight is 480 g/mol. The van der Waals surface area contributed by atoms with Gasteiger partial charge in [-0.05, 0) is 53.0 Å². The van der Waals surface area contributed by atoms with Crippen molar-refractivity contribution in [3.63, 3.8) is 0 Å². The van der Waals surface area contributed by atoms with E-state index in [0.717, 1.165) is 23.0 Å². The molecule has 0 radical (unpaired) electrons. The lowest BCUT2D eigenvalue weighted by Gasteiger charge is -2.33. The molecule has 3 heterocycles. The number of likely N-dealkylation sites (tertiary alicyclic amines) is 1. The van der Waals surface area contributed by atoms with Crippen molar-refractivity contribution < 1.29 is 14.3 Å². The highest BCUT2D eigenvalue weighted by Crippen LogP contribution is 2.28. The van der Waals surface area contributed by atoms with E-state index in [2.05, 4.69) is 25.9 Å². The topological polar surface area (TPSA) is 75.6 Å². The van der Waals surface area contributed by atoms with Crippen molar-refractivity contribution in [2.75, 3.05) is 24.5 Å². The molecule has 0 N–H and O–H groups in total. The van der Waals surface area contributed by atoms with Crippen molar-refractivity contribution in [2.45, 2.75) is 25.4 Å². The van der Waals surface area contributed by atoms with E-state index >= 15 is 0 Å². The van der Waals surface area contributed by atoms with Crippen LogP contribution in [0.5, 0.6) is 6.01 Å². The normalized spacial score (nSPS) is 22.1. The average Bonchev–Trinajstić information content (AvgIpc) is 3.11. The predicted octanol–water partition coefficient (Wildman–Crippen LogP) is 3.32. The molecular weight excluding hydrogens is 460 g/mol. The summed E-state index contributed by atoms with van der Waals surface area (Å²) in [5.74, 6) is -0.389. The first-order valence-electron chi connectivity index (χ1n) is 9.48. The Hall–Kier alpha value is -2.19. The summed E-state index contributed by atoms with van der Waals surface area (Å²) in [6, 6.07) is 7.40. The van der Waals surface area contributed by atoms with Crippen LogP contribution in [0.1, 0.15) is 19.3 Å². The highest BCUT2D eigenvalue weighted by atomic mass is 79.9. The van der Waals surface area contributed by atoms with Gasteiger partial charge in [-0.25, -0.2) is 9.97 Å². The van der Waals surface area contributed by atoms with Gasteiger partial charge in [0.25, 0.3) is 0 Å². The van der Waals surface area contributed by atoms with Crippen LogP contribution in [0.3, 0.4) is 0 Å². The van der Waals surface area contributed by atoms with Gasteiger partial charge < -0.3 is 14.5 Å². The van der Waals surface area contributed by atoms with Gasteiger partial charge in [-0.2, -0.15) is 0 Å². The Morgan fingerprint density at radius 3 is 2.62 bits per heavy atom. The first-order valence-corrected chi connectivity index (χ1v) is 10.7. The molecule has 0 aliphatic carbocycles. The lowest BCUT2D eigenvalue weighted by Crippen LogP contribution is -2.47. The first kappa shape index (κ1) is 20.1. The van der Waals surface area contributed by atoms with Crippen LogP contribution < -0.4 is 9.64 Å². The zero-order chi connectivity index (χ0) is 20.4. The third-order valence-electron chi connectivity index (χ3n) is 5.17. The number of hydrogen-bond acceptors (Lipinski definition) is 5. The highest BCUT2D eigenvalue weighted by Gasteiger charge is 2.38. The Labute approximate surface area is 182 Å². The lowest BCUT2D eigenvalue weighted by molar-refractivity contribution is -0.138. The second-order valence-corrected chi connectivity index (χ2v) is 8.58. The van der Waals surface area contributed by atoms with Crippen LogP contribution in [0.4, 0.5) is 5.69 Å². The minimum absolute atomic E-state index is 0.000150. The summed E-state index contributed by atoms with van der Waals surface area (Å²) in [6.07, 6.45) is 5.00. The van der Waals surface area contributed by atoms with Gasteiger partial charge in [-0.1, -0.05) is 11.6 Å². The fourth-order valence-electron chi connectivity index (χ4n) is 3.75. The third-order valence-corrected chi connectivity index (χ3v) is 5.83. The summed E-state index contributed by atoms with van der Waals surface area (Å²) < 4.78 is 6.63. The number of benzene rings is 1. The molecule has 29 heavy (non-hydrogen) atoms. The Bertz CT molecular complexity index is 894. The van der Waals surface area contributed by atoms with Crippen LogP contribution in [0, 0.1) is 5.92 Å². The van der Waals surface area contributed by atoms with E-state index in [9.17, 15) is 9.59 Å². The molecule has 4 rings (SSSR count). The molecule has 1 aromatic heterocycles. The molecule has 2 aliphatic heterocycles. The van der Waals surface area contributed by atoms with Crippen LogP contribution in [0.15, 0.2) is 41.1 Å². The van der Waals surface area contributed by atoms with E-state index in [0.29, 0.717) is 30.7 Å². The maximum Gasteiger partial charge on any atom is 0.316 e. The van der Waals surface area contributed by atoms with Crippen molar-refractivity contribution >= 4 is 45.0 Å². The summed E-state index contributed by atoms with van der Waals surface area (Å²) in [5.41, 5.74) is 0.766. The van der Waals surface area contributed by atoms with E-state index in [4.69, 9.17) is 16.3 Å². The molecule has 0 saturated carbocycles. The monoisotopic (exact) mass is 478 g/mol. The Morgan fingerprint density at radius 2 is 1.90 bits per heavy atom. The number of nitrogens with zero attached hydrogens (tertiary/aromatic N) is 4. The molecule has 0 spiro atoms. The molecule has 2 aromatic rings. The van der Waals surface area contributed by atoms with Crippen molar-refractivity contribution in [1.29, 1.82) is 0 Å². The Morgan fingerprint density at radius 1 is 1.17 bits per heavy atom. The van der Waals surface area contributed by atoms with E-state index in [-0.39, 0.29) is 30.3 Å². The summed E-state index contributed by atoms with van der Waals surface area (Å²) >= 11 is 9.22. The second-order valence-electron chi connectivity index (χ2n) is 7.23. The molecule has 9 heteroatoms. The smallest absolute Gasteiger partial charge is 0.316 e. The lowest BCUT2D eigenvalue weighted by atomic mass is 10.0. The van der Waals surface area contributed by atoms with Crippen molar-refractivity contribution in [3.05, 3.63) is 46.2 Å². The zero-order valence-corrected chi connectivity index (χ0v) is 18.0. The number of halogens is 2. The molecule has 7 nitrogen and oxygen atoms in total. The minimum Gasteiger partial charge on any atom is -0.458 e. The fourth-order valence-corrected chi connectivity index (χ4v) is 4.08. The highest BCUT2D eigenvalue weighted by molar-refractivity contribution is 9.10. The van der Waals surface area contributed by atoms with Gasteiger partial charge in [-0.15, -0.1) is 0 Å². The molecule has 2 fully saturated rings. The number of carbonyl (C=O) groups excluding carboxylic acids is 2. The van der Waals surface area contributed by atoms with Gasteiger partial charge in [0.05, 0.1) is 16.9 Å². The van der Waals surface area contributed by atoms with Gasteiger partial charge in [0.15, 0.2) is 0 Å². The third kappa shape index (κ3) is 4.70.